The van der Waals surface area contributed by atoms with E-state index in [1.165, 1.54) is 11.8 Å². The summed E-state index contributed by atoms with van der Waals surface area (Å²) < 4.78 is 5.19. The molecule has 0 aliphatic carbocycles. The van der Waals surface area contributed by atoms with Gasteiger partial charge in [0.2, 0.25) is 0 Å². The van der Waals surface area contributed by atoms with Crippen LogP contribution >= 0.6 is 23.4 Å². The standard InChI is InChI=1S/C11H14ClNO3S/c1-16-10-3-2-8(12)4-7(10)5-17-6-9(13)11(14)15/h2-4,9H,5-6,13H2,1H3,(H,14,15)/t9-/m0/s1. The van der Waals surface area contributed by atoms with Crippen LogP contribution in [0, 0.1) is 0 Å². The number of methoxy groups -OCH3 is 1. The first kappa shape index (κ1) is 14.2. The van der Waals surface area contributed by atoms with Crippen LogP contribution in [0.3, 0.4) is 0 Å². The fraction of sp³-hybridized carbons (Fsp3) is 0.364. The number of benzene rings is 1. The number of rotatable bonds is 6. The van der Waals surface area contributed by atoms with Crippen LogP contribution in [0.5, 0.6) is 5.75 Å². The molecule has 4 nitrogen and oxygen atoms in total. The molecule has 0 heterocycles. The fourth-order valence-corrected chi connectivity index (χ4v) is 2.38. The van der Waals surface area contributed by atoms with Crippen molar-refractivity contribution in [3.8, 4) is 5.75 Å². The largest absolute Gasteiger partial charge is 0.496 e. The molecule has 0 radical (unpaired) electrons. The maximum absolute atomic E-state index is 10.5. The summed E-state index contributed by atoms with van der Waals surface area (Å²) in [6.07, 6.45) is 0. The third-order valence-corrected chi connectivity index (χ3v) is 3.46. The first-order valence-electron chi connectivity index (χ1n) is 4.93. The molecule has 94 valence electrons. The van der Waals surface area contributed by atoms with Crippen LogP contribution in [0.25, 0.3) is 0 Å². The smallest absolute Gasteiger partial charge is 0.321 e. The van der Waals surface area contributed by atoms with E-state index in [0.717, 1.165) is 11.3 Å². The molecule has 0 aromatic heterocycles. The number of carboxylic acid groups (broad SMARTS) is 1. The third-order valence-electron chi connectivity index (χ3n) is 2.11. The van der Waals surface area contributed by atoms with E-state index in [1.807, 2.05) is 0 Å². The second-order valence-electron chi connectivity index (χ2n) is 3.42. The van der Waals surface area contributed by atoms with Crippen LogP contribution in [0.4, 0.5) is 0 Å². The van der Waals surface area contributed by atoms with E-state index in [-0.39, 0.29) is 0 Å². The quantitative estimate of drug-likeness (QED) is 0.831. The molecule has 0 bridgehead atoms. The molecule has 0 fully saturated rings. The molecular weight excluding hydrogens is 262 g/mol. The Morgan fingerprint density at radius 3 is 2.94 bits per heavy atom. The molecule has 0 aliphatic rings. The lowest BCUT2D eigenvalue weighted by molar-refractivity contribution is -0.137. The fourth-order valence-electron chi connectivity index (χ4n) is 1.23. The van der Waals surface area contributed by atoms with Crippen LogP contribution in [-0.2, 0) is 10.5 Å². The van der Waals surface area contributed by atoms with Crippen molar-refractivity contribution in [1.82, 2.24) is 0 Å². The Labute approximate surface area is 109 Å². The first-order chi connectivity index (χ1) is 8.04. The van der Waals surface area contributed by atoms with Gasteiger partial charge in [0, 0.05) is 22.1 Å². The summed E-state index contributed by atoms with van der Waals surface area (Å²) >= 11 is 7.32. The zero-order valence-corrected chi connectivity index (χ0v) is 10.9. The second-order valence-corrected chi connectivity index (χ2v) is 4.88. The highest BCUT2D eigenvalue weighted by molar-refractivity contribution is 7.98. The van der Waals surface area contributed by atoms with Crippen LogP contribution in [0.1, 0.15) is 5.56 Å². The van der Waals surface area contributed by atoms with Crippen molar-refractivity contribution in [2.45, 2.75) is 11.8 Å². The molecule has 17 heavy (non-hydrogen) atoms. The van der Waals surface area contributed by atoms with E-state index in [9.17, 15) is 4.79 Å². The summed E-state index contributed by atoms with van der Waals surface area (Å²) in [5.41, 5.74) is 6.34. The number of ether oxygens (including phenoxy) is 1. The molecule has 6 heteroatoms. The third kappa shape index (κ3) is 4.46. The molecular formula is C11H14ClNO3S. The van der Waals surface area contributed by atoms with Gasteiger partial charge in [0.25, 0.3) is 0 Å². The van der Waals surface area contributed by atoms with Crippen LogP contribution < -0.4 is 10.5 Å². The van der Waals surface area contributed by atoms with Gasteiger partial charge in [-0.3, -0.25) is 4.79 Å². The van der Waals surface area contributed by atoms with Crippen molar-refractivity contribution >= 4 is 29.3 Å². The number of nitrogens with two attached hydrogens (primary N) is 1. The van der Waals surface area contributed by atoms with Gasteiger partial charge in [-0.2, -0.15) is 11.8 Å². The second kappa shape index (κ2) is 6.74. The van der Waals surface area contributed by atoms with Gasteiger partial charge in [-0.1, -0.05) is 11.6 Å². The van der Waals surface area contributed by atoms with Gasteiger partial charge in [0.05, 0.1) is 7.11 Å². The van der Waals surface area contributed by atoms with Crippen LogP contribution in [0.2, 0.25) is 5.02 Å². The SMILES string of the molecule is COc1ccc(Cl)cc1CSC[C@H](N)C(=O)O. The summed E-state index contributed by atoms with van der Waals surface area (Å²) in [7, 11) is 1.58. The average molecular weight is 276 g/mol. The highest BCUT2D eigenvalue weighted by Crippen LogP contribution is 2.26. The maximum atomic E-state index is 10.5. The van der Waals surface area contributed by atoms with E-state index in [0.29, 0.717) is 16.5 Å². The van der Waals surface area contributed by atoms with Gasteiger partial charge in [0.1, 0.15) is 11.8 Å². The minimum Gasteiger partial charge on any atom is -0.496 e. The van der Waals surface area contributed by atoms with Crippen molar-refractivity contribution in [3.63, 3.8) is 0 Å². The summed E-state index contributed by atoms with van der Waals surface area (Å²) in [6.45, 7) is 0. The van der Waals surface area contributed by atoms with Gasteiger partial charge in [-0.15, -0.1) is 0 Å². The Morgan fingerprint density at radius 1 is 1.65 bits per heavy atom. The molecule has 1 aromatic carbocycles. The molecule has 3 N–H and O–H groups in total. The van der Waals surface area contributed by atoms with E-state index in [4.69, 9.17) is 27.2 Å². The number of hydrogen-bond acceptors (Lipinski definition) is 4. The van der Waals surface area contributed by atoms with Crippen molar-refractivity contribution in [2.24, 2.45) is 5.73 Å². The molecule has 1 rings (SSSR count). The molecule has 0 saturated carbocycles. The Balaban J connectivity index is 2.56. The Hall–Kier alpha value is -0.910. The zero-order valence-electron chi connectivity index (χ0n) is 9.35. The lowest BCUT2D eigenvalue weighted by atomic mass is 10.2. The van der Waals surface area contributed by atoms with Crippen molar-refractivity contribution in [2.75, 3.05) is 12.9 Å². The Kier molecular flexibility index (Phi) is 5.61. The highest BCUT2D eigenvalue weighted by atomic mass is 35.5. The van der Waals surface area contributed by atoms with Crippen molar-refractivity contribution in [1.29, 1.82) is 0 Å². The monoisotopic (exact) mass is 275 g/mol. The molecule has 1 atom stereocenters. The number of carbonyl (C=O) groups is 1. The molecule has 0 amide bonds. The lowest BCUT2D eigenvalue weighted by Gasteiger charge is -2.10. The number of hydrogen-bond donors (Lipinski definition) is 2. The molecule has 0 saturated heterocycles. The van der Waals surface area contributed by atoms with E-state index >= 15 is 0 Å². The molecule has 1 aromatic rings. The molecule has 0 aliphatic heterocycles. The predicted molar refractivity (Wildman–Crippen MR) is 69.8 cm³/mol. The first-order valence-corrected chi connectivity index (χ1v) is 6.46. The van der Waals surface area contributed by atoms with Gasteiger partial charge in [-0.25, -0.2) is 0 Å². The maximum Gasteiger partial charge on any atom is 0.321 e. The van der Waals surface area contributed by atoms with Gasteiger partial charge in [0.15, 0.2) is 0 Å². The van der Waals surface area contributed by atoms with Crippen LogP contribution in [0.15, 0.2) is 18.2 Å². The average Bonchev–Trinajstić information content (AvgIpc) is 2.29. The summed E-state index contributed by atoms with van der Waals surface area (Å²) in [4.78, 5) is 10.5. The van der Waals surface area contributed by atoms with Crippen molar-refractivity contribution < 1.29 is 14.6 Å². The van der Waals surface area contributed by atoms with Gasteiger partial charge >= 0.3 is 5.97 Å². The number of halogens is 1. The zero-order chi connectivity index (χ0) is 12.8. The summed E-state index contributed by atoms with van der Waals surface area (Å²) in [5, 5.41) is 9.27. The minimum atomic E-state index is -0.990. The summed E-state index contributed by atoms with van der Waals surface area (Å²) in [5.74, 6) is 0.719. The predicted octanol–water partition coefficient (Wildman–Crippen LogP) is 1.99. The number of carboxylic acids is 1. The topological polar surface area (TPSA) is 72.5 Å². The number of aliphatic carboxylic acids is 1. The van der Waals surface area contributed by atoms with E-state index < -0.39 is 12.0 Å². The van der Waals surface area contributed by atoms with E-state index in [1.54, 1.807) is 25.3 Å². The number of thioether (sulfide) groups is 1. The minimum absolute atomic E-state index is 0.352. The summed E-state index contributed by atoms with van der Waals surface area (Å²) in [6, 6.07) is 4.50. The van der Waals surface area contributed by atoms with Crippen molar-refractivity contribution in [3.05, 3.63) is 28.8 Å². The normalized spacial score (nSPS) is 12.2. The Morgan fingerprint density at radius 2 is 2.35 bits per heavy atom. The van der Waals surface area contributed by atoms with Gasteiger partial charge < -0.3 is 15.6 Å². The molecule has 0 spiro atoms. The van der Waals surface area contributed by atoms with E-state index in [2.05, 4.69) is 0 Å². The lowest BCUT2D eigenvalue weighted by Crippen LogP contribution is -2.32. The highest BCUT2D eigenvalue weighted by Gasteiger charge is 2.12. The van der Waals surface area contributed by atoms with Gasteiger partial charge in [-0.05, 0) is 18.2 Å². The molecule has 0 unspecified atom stereocenters. The van der Waals surface area contributed by atoms with Crippen LogP contribution in [-0.4, -0.2) is 30.0 Å². The Bertz CT molecular complexity index is 400.